The molecule has 7 nitrogen and oxygen atoms in total. The van der Waals surface area contributed by atoms with Gasteiger partial charge in [0.15, 0.2) is 5.88 Å². The number of nitrogens with zero attached hydrogens (tertiary/aromatic N) is 5. The molecule has 3 heterocycles. The number of benzene rings is 1. The molecule has 0 spiro atoms. The van der Waals surface area contributed by atoms with Crippen LogP contribution in [0.1, 0.15) is 50.1 Å². The van der Waals surface area contributed by atoms with Crippen LogP contribution in [0.3, 0.4) is 0 Å². The molecule has 0 aliphatic carbocycles. The number of piperazine rings is 1. The van der Waals surface area contributed by atoms with Gasteiger partial charge in [-0.3, -0.25) is 9.89 Å². The van der Waals surface area contributed by atoms with E-state index in [0.29, 0.717) is 29.7 Å². The minimum absolute atomic E-state index is 0.0867. The van der Waals surface area contributed by atoms with E-state index >= 15 is 0 Å². The van der Waals surface area contributed by atoms with E-state index in [1.165, 1.54) is 6.07 Å². The van der Waals surface area contributed by atoms with Crippen molar-refractivity contribution < 1.29 is 9.13 Å². The van der Waals surface area contributed by atoms with E-state index in [2.05, 4.69) is 52.8 Å². The second-order valence-electron chi connectivity index (χ2n) is 10.5. The Morgan fingerprint density at radius 1 is 1.21 bits per heavy atom. The number of aryl methyl sites for hydroxylation is 1. The topological polar surface area (TPSA) is 70.2 Å². The van der Waals surface area contributed by atoms with Gasteiger partial charge in [-0.25, -0.2) is 9.37 Å². The Kier molecular flexibility index (Phi) is 9.18. The molecule has 1 aromatic carbocycles. The molecule has 0 bridgehead atoms. The number of aromatic nitrogens is 1. The van der Waals surface area contributed by atoms with Gasteiger partial charge in [-0.2, -0.15) is 0 Å². The van der Waals surface area contributed by atoms with Crippen LogP contribution in [-0.2, 0) is 4.74 Å². The first-order chi connectivity index (χ1) is 18.6. The van der Waals surface area contributed by atoms with Crippen LogP contribution in [0, 0.1) is 12.7 Å². The second-order valence-corrected chi connectivity index (χ2v) is 10.9. The normalized spacial score (nSPS) is 21.2. The average Bonchev–Trinajstić information content (AvgIpc) is 2.93. The van der Waals surface area contributed by atoms with E-state index in [-0.39, 0.29) is 10.9 Å². The number of rotatable bonds is 7. The third kappa shape index (κ3) is 6.39. The van der Waals surface area contributed by atoms with Crippen molar-refractivity contribution in [3.05, 3.63) is 77.2 Å². The lowest BCUT2D eigenvalue weighted by Gasteiger charge is -2.51. The van der Waals surface area contributed by atoms with Gasteiger partial charge in [0.2, 0.25) is 5.90 Å². The number of nitrogens with two attached hydrogens (primary N) is 1. The summed E-state index contributed by atoms with van der Waals surface area (Å²) in [6, 6.07) is 10.3. The standard InChI is InChI=1S/C30H40ClFN6O/c1-7-24-18-37(29-11-10-28(35-20(29)3)30(34-6)39-22(5)33)19(2)17-38(24)25-12-14-36(15-13-25)21(4)23-8-9-26(31)27(32)16-23/h8-11,16,19,24-25H,4-5,7,12-15,17-18,33H2,1-3,6H3/t19-,24+/m1/s1. The minimum atomic E-state index is -0.406. The Hall–Kier alpha value is -3.10. The van der Waals surface area contributed by atoms with Crippen molar-refractivity contribution >= 4 is 28.9 Å². The molecule has 2 N–H and O–H groups in total. The zero-order chi connectivity index (χ0) is 28.3. The number of anilines is 1. The van der Waals surface area contributed by atoms with Crippen molar-refractivity contribution in [2.75, 3.05) is 38.1 Å². The molecule has 2 aliphatic rings. The van der Waals surface area contributed by atoms with Crippen molar-refractivity contribution in [1.82, 2.24) is 14.8 Å². The molecule has 2 atom stereocenters. The summed E-state index contributed by atoms with van der Waals surface area (Å²) in [6.07, 6.45) is 3.18. The van der Waals surface area contributed by atoms with Gasteiger partial charge in [-0.05, 0) is 64.0 Å². The van der Waals surface area contributed by atoms with Gasteiger partial charge in [0.1, 0.15) is 11.5 Å². The fourth-order valence-corrected chi connectivity index (χ4v) is 5.97. The molecule has 2 saturated heterocycles. The van der Waals surface area contributed by atoms with Gasteiger partial charge in [0.05, 0.1) is 16.4 Å². The number of halogens is 2. The molecular weight excluding hydrogens is 515 g/mol. The number of ether oxygens (including phenoxy) is 1. The Morgan fingerprint density at radius 2 is 1.92 bits per heavy atom. The quantitative estimate of drug-likeness (QED) is 0.280. The summed E-state index contributed by atoms with van der Waals surface area (Å²) in [4.78, 5) is 16.4. The zero-order valence-corrected chi connectivity index (χ0v) is 24.2. The molecule has 2 aromatic rings. The van der Waals surface area contributed by atoms with Gasteiger partial charge in [-0.15, -0.1) is 0 Å². The maximum Gasteiger partial charge on any atom is 0.242 e. The van der Waals surface area contributed by atoms with E-state index in [1.54, 1.807) is 13.1 Å². The first kappa shape index (κ1) is 28.9. The Bertz CT molecular complexity index is 1240. The van der Waals surface area contributed by atoms with Crippen LogP contribution in [-0.4, -0.2) is 72.0 Å². The number of hydrogen-bond donors (Lipinski definition) is 1. The molecule has 2 fully saturated rings. The Labute approximate surface area is 236 Å². The predicted molar refractivity (Wildman–Crippen MR) is 158 cm³/mol. The van der Waals surface area contributed by atoms with Crippen molar-refractivity contribution in [3.63, 3.8) is 0 Å². The Balaban J connectivity index is 1.41. The Morgan fingerprint density at radius 3 is 2.51 bits per heavy atom. The van der Waals surface area contributed by atoms with Gasteiger partial charge >= 0.3 is 0 Å². The molecule has 1 aromatic heterocycles. The number of likely N-dealkylation sites (tertiary alicyclic amines) is 1. The molecule has 0 saturated carbocycles. The van der Waals surface area contributed by atoms with Crippen LogP contribution in [0.25, 0.3) is 5.70 Å². The fraction of sp³-hybridized carbons (Fsp3) is 0.467. The summed E-state index contributed by atoms with van der Waals surface area (Å²) in [5.41, 5.74) is 9.96. The maximum atomic E-state index is 14.0. The second kappa shape index (κ2) is 12.4. The number of hydrogen-bond acceptors (Lipinski definition) is 7. The summed E-state index contributed by atoms with van der Waals surface area (Å²) in [5.74, 6) is 0.0389. The molecule has 0 radical (unpaired) electrons. The largest absolute Gasteiger partial charge is 0.422 e. The van der Waals surface area contributed by atoms with Crippen LogP contribution < -0.4 is 10.6 Å². The number of pyridine rings is 1. The highest BCUT2D eigenvalue weighted by atomic mass is 35.5. The van der Waals surface area contributed by atoms with Crippen molar-refractivity contribution in [2.45, 2.75) is 58.2 Å². The predicted octanol–water partition coefficient (Wildman–Crippen LogP) is 5.43. The molecule has 0 amide bonds. The highest BCUT2D eigenvalue weighted by molar-refractivity contribution is 6.30. The lowest BCUT2D eigenvalue weighted by atomic mass is 9.95. The molecule has 9 heteroatoms. The zero-order valence-electron chi connectivity index (χ0n) is 23.5. The fourth-order valence-electron chi connectivity index (χ4n) is 5.85. The summed E-state index contributed by atoms with van der Waals surface area (Å²) >= 11 is 5.87. The first-order valence-corrected chi connectivity index (χ1v) is 14.0. The lowest BCUT2D eigenvalue weighted by molar-refractivity contribution is 0.0643. The SMILES string of the molecule is C=C(N)OC(=NC)c1ccc(N2C[C@H](CC)N(C3CCN(C(=C)c4ccc(Cl)c(F)c4)CC3)C[C@H]2C)c(C)n1. The third-order valence-corrected chi connectivity index (χ3v) is 8.25. The smallest absolute Gasteiger partial charge is 0.242 e. The van der Waals surface area contributed by atoms with E-state index in [0.717, 1.165) is 68.1 Å². The van der Waals surface area contributed by atoms with Crippen LogP contribution in [0.15, 0.2) is 54.4 Å². The molecule has 4 rings (SSSR count). The molecule has 0 unspecified atom stereocenters. The maximum absolute atomic E-state index is 14.0. The van der Waals surface area contributed by atoms with Gasteiger partial charge < -0.3 is 20.3 Å². The van der Waals surface area contributed by atoms with E-state index in [1.807, 2.05) is 19.1 Å². The van der Waals surface area contributed by atoms with Gasteiger partial charge in [-0.1, -0.05) is 31.2 Å². The third-order valence-electron chi connectivity index (χ3n) is 7.94. The highest BCUT2D eigenvalue weighted by Gasteiger charge is 2.37. The van der Waals surface area contributed by atoms with E-state index < -0.39 is 5.82 Å². The number of piperidine rings is 1. The number of aliphatic imine (C=N–C) groups is 1. The van der Waals surface area contributed by atoms with Crippen LogP contribution in [0.2, 0.25) is 5.02 Å². The molecular formula is C30H40ClFN6O. The average molecular weight is 555 g/mol. The van der Waals surface area contributed by atoms with Crippen molar-refractivity contribution in [2.24, 2.45) is 10.7 Å². The van der Waals surface area contributed by atoms with E-state index in [9.17, 15) is 4.39 Å². The summed E-state index contributed by atoms with van der Waals surface area (Å²) in [6.45, 7) is 18.2. The minimum Gasteiger partial charge on any atom is -0.422 e. The van der Waals surface area contributed by atoms with E-state index in [4.69, 9.17) is 27.1 Å². The first-order valence-electron chi connectivity index (χ1n) is 13.6. The van der Waals surface area contributed by atoms with Crippen molar-refractivity contribution in [1.29, 1.82) is 0 Å². The van der Waals surface area contributed by atoms with Gasteiger partial charge in [0.25, 0.3) is 0 Å². The summed E-state index contributed by atoms with van der Waals surface area (Å²) < 4.78 is 19.4. The van der Waals surface area contributed by atoms with Gasteiger partial charge in [0, 0.05) is 62.6 Å². The lowest BCUT2D eigenvalue weighted by Crippen LogP contribution is -2.61. The van der Waals surface area contributed by atoms with Crippen LogP contribution >= 0.6 is 11.6 Å². The summed E-state index contributed by atoms with van der Waals surface area (Å²) in [7, 11) is 1.65. The molecule has 39 heavy (non-hydrogen) atoms. The summed E-state index contributed by atoms with van der Waals surface area (Å²) in [5, 5.41) is 0.137. The van der Waals surface area contributed by atoms with Crippen molar-refractivity contribution in [3.8, 4) is 0 Å². The van der Waals surface area contributed by atoms with Crippen LogP contribution in [0.4, 0.5) is 10.1 Å². The molecule has 2 aliphatic heterocycles. The monoisotopic (exact) mass is 554 g/mol. The van der Waals surface area contributed by atoms with Crippen LogP contribution in [0.5, 0.6) is 0 Å². The highest BCUT2D eigenvalue weighted by Crippen LogP contribution is 2.32. The molecule has 210 valence electrons.